The molecule has 0 unspecified atom stereocenters. The summed E-state index contributed by atoms with van der Waals surface area (Å²) in [5, 5.41) is 0.676. The first kappa shape index (κ1) is 18.5. The van der Waals surface area contributed by atoms with Gasteiger partial charge in [-0.25, -0.2) is 14.4 Å². The van der Waals surface area contributed by atoms with E-state index < -0.39 is 5.60 Å². The van der Waals surface area contributed by atoms with E-state index in [-0.39, 0.29) is 18.2 Å². The van der Waals surface area contributed by atoms with E-state index in [1.165, 1.54) is 12.1 Å². The highest BCUT2D eigenvalue weighted by Gasteiger charge is 2.22. The van der Waals surface area contributed by atoms with Crippen LogP contribution in [0.2, 0.25) is 0 Å². The zero-order valence-electron chi connectivity index (χ0n) is 15.8. The van der Waals surface area contributed by atoms with E-state index in [1.54, 1.807) is 6.07 Å². The van der Waals surface area contributed by atoms with E-state index in [1.807, 2.05) is 20.8 Å². The Kier molecular flexibility index (Phi) is 5.09. The number of hydrogen-bond acceptors (Lipinski definition) is 6. The van der Waals surface area contributed by atoms with Crippen LogP contribution < -0.4 is 4.90 Å². The fourth-order valence-corrected chi connectivity index (χ4v) is 2.95. The maximum Gasteiger partial charge on any atom is 0.312 e. The van der Waals surface area contributed by atoms with Gasteiger partial charge in [0.05, 0.1) is 17.6 Å². The van der Waals surface area contributed by atoms with Gasteiger partial charge in [0.25, 0.3) is 0 Å². The smallest absolute Gasteiger partial charge is 0.312 e. The molecule has 0 atom stereocenters. The second-order valence-corrected chi connectivity index (χ2v) is 7.69. The first-order valence-electron chi connectivity index (χ1n) is 8.83. The van der Waals surface area contributed by atoms with E-state index in [4.69, 9.17) is 4.74 Å². The summed E-state index contributed by atoms with van der Waals surface area (Å²) >= 11 is 0. The van der Waals surface area contributed by atoms with Gasteiger partial charge in [-0.2, -0.15) is 0 Å². The Morgan fingerprint density at radius 3 is 2.54 bits per heavy atom. The molecule has 0 saturated carbocycles. The molecule has 1 aromatic heterocycles. The van der Waals surface area contributed by atoms with Crippen molar-refractivity contribution in [2.45, 2.75) is 32.8 Å². The zero-order valence-corrected chi connectivity index (χ0v) is 15.8. The normalized spacial score (nSPS) is 16.1. The van der Waals surface area contributed by atoms with Crippen molar-refractivity contribution in [3.05, 3.63) is 29.7 Å². The van der Waals surface area contributed by atoms with Crippen LogP contribution >= 0.6 is 0 Å². The molecule has 140 valence electrons. The number of piperazine rings is 1. The number of anilines is 1. The molecule has 1 aliphatic rings. The number of carbonyl (C=O) groups is 1. The molecule has 3 rings (SSSR count). The number of esters is 1. The van der Waals surface area contributed by atoms with Gasteiger partial charge in [0.1, 0.15) is 11.4 Å². The Morgan fingerprint density at radius 1 is 1.19 bits per heavy atom. The van der Waals surface area contributed by atoms with E-state index in [0.717, 1.165) is 26.2 Å². The lowest BCUT2D eigenvalue weighted by Gasteiger charge is -2.32. The monoisotopic (exact) mass is 360 g/mol. The van der Waals surface area contributed by atoms with Gasteiger partial charge in [-0.15, -0.1) is 0 Å². The maximum absolute atomic E-state index is 13.7. The summed E-state index contributed by atoms with van der Waals surface area (Å²) in [6.07, 6.45) is 0.0304. The first-order valence-corrected chi connectivity index (χ1v) is 8.83. The minimum absolute atomic E-state index is 0.0304. The lowest BCUT2D eigenvalue weighted by Crippen LogP contribution is -2.45. The third kappa shape index (κ3) is 4.46. The van der Waals surface area contributed by atoms with Gasteiger partial charge >= 0.3 is 5.97 Å². The van der Waals surface area contributed by atoms with Crippen LogP contribution in [0, 0.1) is 5.82 Å². The second kappa shape index (κ2) is 7.15. The highest BCUT2D eigenvalue weighted by molar-refractivity contribution is 5.86. The van der Waals surface area contributed by atoms with Gasteiger partial charge in [-0.1, -0.05) is 0 Å². The van der Waals surface area contributed by atoms with Crippen LogP contribution in [0.25, 0.3) is 10.9 Å². The van der Waals surface area contributed by atoms with Crippen LogP contribution in [-0.4, -0.2) is 59.7 Å². The average molecular weight is 360 g/mol. The fourth-order valence-electron chi connectivity index (χ4n) is 2.95. The molecule has 0 aliphatic carbocycles. The fraction of sp³-hybridized carbons (Fsp3) is 0.526. The van der Waals surface area contributed by atoms with E-state index in [0.29, 0.717) is 22.5 Å². The summed E-state index contributed by atoms with van der Waals surface area (Å²) in [6.45, 7) is 8.89. The van der Waals surface area contributed by atoms with Crippen molar-refractivity contribution < 1.29 is 13.9 Å². The number of nitrogens with zero attached hydrogens (tertiary/aromatic N) is 4. The molecule has 2 aromatic rings. The van der Waals surface area contributed by atoms with Gasteiger partial charge in [0, 0.05) is 37.6 Å². The highest BCUT2D eigenvalue weighted by atomic mass is 19.1. The standard InChI is InChI=1S/C19H25FN4O2/c1-19(2,3)26-17(25)12-16-14-6-5-13(20)11-15(14)21-18(22-16)24-9-7-23(4)8-10-24/h5-6,11H,7-10,12H2,1-4H3. The number of carbonyl (C=O) groups excluding carboxylic acids is 1. The quantitative estimate of drug-likeness (QED) is 0.784. The lowest BCUT2D eigenvalue weighted by atomic mass is 10.1. The number of hydrogen-bond donors (Lipinski definition) is 0. The number of rotatable bonds is 3. The predicted molar refractivity (Wildman–Crippen MR) is 98.8 cm³/mol. The summed E-state index contributed by atoms with van der Waals surface area (Å²) in [4.78, 5) is 25.8. The molecular formula is C19H25FN4O2. The van der Waals surface area contributed by atoms with E-state index in [9.17, 15) is 9.18 Å². The predicted octanol–water partition coefficient (Wildman–Crippen LogP) is 2.40. The molecule has 0 bridgehead atoms. The van der Waals surface area contributed by atoms with Crippen LogP contribution in [-0.2, 0) is 16.0 Å². The van der Waals surface area contributed by atoms with E-state index in [2.05, 4.69) is 26.8 Å². The van der Waals surface area contributed by atoms with E-state index >= 15 is 0 Å². The number of halogens is 1. The van der Waals surface area contributed by atoms with Gasteiger partial charge in [-0.05, 0) is 40.0 Å². The molecule has 1 saturated heterocycles. The minimum atomic E-state index is -0.563. The molecule has 7 heteroatoms. The molecule has 2 heterocycles. The maximum atomic E-state index is 13.7. The minimum Gasteiger partial charge on any atom is -0.460 e. The van der Waals surface area contributed by atoms with Crippen LogP contribution in [0.3, 0.4) is 0 Å². The number of ether oxygens (including phenoxy) is 1. The summed E-state index contributed by atoms with van der Waals surface area (Å²) in [5.74, 6) is -0.176. The van der Waals surface area contributed by atoms with Gasteiger partial charge in [0.2, 0.25) is 5.95 Å². The molecule has 26 heavy (non-hydrogen) atoms. The van der Waals surface area contributed by atoms with Gasteiger partial charge in [-0.3, -0.25) is 4.79 Å². The summed E-state index contributed by atoms with van der Waals surface area (Å²) in [7, 11) is 2.07. The molecule has 6 nitrogen and oxygen atoms in total. The molecular weight excluding hydrogens is 335 g/mol. The second-order valence-electron chi connectivity index (χ2n) is 7.69. The number of likely N-dealkylation sites (N-methyl/N-ethyl adjacent to an activating group) is 1. The molecule has 0 radical (unpaired) electrons. The molecule has 1 fully saturated rings. The lowest BCUT2D eigenvalue weighted by molar-refractivity contribution is -0.153. The third-order valence-electron chi connectivity index (χ3n) is 4.24. The first-order chi connectivity index (χ1) is 12.2. The number of aromatic nitrogens is 2. The molecule has 0 amide bonds. The van der Waals surface area contributed by atoms with Crippen LogP contribution in [0.5, 0.6) is 0 Å². The molecule has 1 aromatic carbocycles. The SMILES string of the molecule is CN1CCN(c2nc(CC(=O)OC(C)(C)C)c3ccc(F)cc3n2)CC1. The van der Waals surface area contributed by atoms with Crippen molar-refractivity contribution in [2.75, 3.05) is 38.1 Å². The summed E-state index contributed by atoms with van der Waals surface area (Å²) in [5.41, 5.74) is 0.512. The van der Waals surface area contributed by atoms with Gasteiger partial charge in [0.15, 0.2) is 0 Å². The van der Waals surface area contributed by atoms with Crippen molar-refractivity contribution in [2.24, 2.45) is 0 Å². The Hall–Kier alpha value is -2.28. The van der Waals surface area contributed by atoms with Crippen molar-refractivity contribution >= 4 is 22.8 Å². The van der Waals surface area contributed by atoms with Crippen LogP contribution in [0.15, 0.2) is 18.2 Å². The topological polar surface area (TPSA) is 58.6 Å². The summed E-state index contributed by atoms with van der Waals surface area (Å²) in [6, 6.07) is 4.37. The Balaban J connectivity index is 1.96. The Labute approximate surface area is 153 Å². The van der Waals surface area contributed by atoms with Gasteiger partial charge < -0.3 is 14.5 Å². The zero-order chi connectivity index (χ0) is 18.9. The Bertz CT molecular complexity index is 811. The molecule has 0 spiro atoms. The van der Waals surface area contributed by atoms with Crippen molar-refractivity contribution in [3.63, 3.8) is 0 Å². The summed E-state index contributed by atoms with van der Waals surface area (Å²) < 4.78 is 19.1. The highest BCUT2D eigenvalue weighted by Crippen LogP contribution is 2.23. The molecule has 0 N–H and O–H groups in total. The van der Waals surface area contributed by atoms with Crippen molar-refractivity contribution in [3.8, 4) is 0 Å². The number of benzene rings is 1. The number of fused-ring (bicyclic) bond motifs is 1. The van der Waals surface area contributed by atoms with Crippen LogP contribution in [0.4, 0.5) is 10.3 Å². The van der Waals surface area contributed by atoms with Crippen LogP contribution in [0.1, 0.15) is 26.5 Å². The third-order valence-corrected chi connectivity index (χ3v) is 4.24. The average Bonchev–Trinajstić information content (AvgIpc) is 2.53. The Morgan fingerprint density at radius 2 is 1.88 bits per heavy atom. The van der Waals surface area contributed by atoms with Crippen molar-refractivity contribution in [1.82, 2.24) is 14.9 Å². The molecule has 1 aliphatic heterocycles. The van der Waals surface area contributed by atoms with Crippen molar-refractivity contribution in [1.29, 1.82) is 0 Å². The largest absolute Gasteiger partial charge is 0.460 e.